The molecule has 2 aromatic carbocycles. The molecule has 30 heavy (non-hydrogen) atoms. The van der Waals surface area contributed by atoms with E-state index in [1.807, 2.05) is 18.2 Å². The Kier molecular flexibility index (Phi) is 5.48. The lowest BCUT2D eigenvalue weighted by Crippen LogP contribution is -2.43. The summed E-state index contributed by atoms with van der Waals surface area (Å²) in [5, 5.41) is 0.619. The van der Waals surface area contributed by atoms with E-state index in [9.17, 15) is 4.79 Å². The molecule has 0 amide bonds. The molecule has 3 heterocycles. The molecule has 7 heteroatoms. The minimum absolute atomic E-state index is 0.113. The van der Waals surface area contributed by atoms with Crippen LogP contribution in [0.2, 0.25) is 5.02 Å². The van der Waals surface area contributed by atoms with Crippen molar-refractivity contribution in [3.05, 3.63) is 63.9 Å². The molecule has 3 aliphatic heterocycles. The molecule has 0 atom stereocenters. The zero-order chi connectivity index (χ0) is 20.5. The first kappa shape index (κ1) is 19.6. The number of rotatable bonds is 4. The number of ketones is 1. The Hall–Kier alpha value is -2.38. The molecule has 5 rings (SSSR count). The number of benzene rings is 2. The van der Waals surface area contributed by atoms with Gasteiger partial charge in [0.05, 0.1) is 24.3 Å². The second kappa shape index (κ2) is 8.40. The highest BCUT2D eigenvalue weighted by Gasteiger charge is 2.33. The van der Waals surface area contributed by atoms with Crippen molar-refractivity contribution in [2.45, 2.75) is 6.54 Å². The number of morpholine rings is 1. The van der Waals surface area contributed by atoms with Crippen LogP contribution in [-0.2, 0) is 11.3 Å². The average Bonchev–Trinajstić information content (AvgIpc) is 3.09. The van der Waals surface area contributed by atoms with Crippen molar-refractivity contribution in [3.63, 3.8) is 0 Å². The summed E-state index contributed by atoms with van der Waals surface area (Å²) < 4.78 is 17.4. The van der Waals surface area contributed by atoms with Crippen molar-refractivity contribution in [3.8, 4) is 11.5 Å². The van der Waals surface area contributed by atoms with E-state index in [-0.39, 0.29) is 5.78 Å². The van der Waals surface area contributed by atoms with Crippen LogP contribution >= 0.6 is 11.6 Å². The van der Waals surface area contributed by atoms with E-state index < -0.39 is 0 Å². The van der Waals surface area contributed by atoms with Gasteiger partial charge in [-0.15, -0.1) is 0 Å². The Bertz CT molecular complexity index is 1000. The van der Waals surface area contributed by atoms with Gasteiger partial charge in [0.2, 0.25) is 5.78 Å². The molecule has 0 spiro atoms. The maximum absolute atomic E-state index is 12.9. The number of fused-ring (bicyclic) bond motifs is 3. The summed E-state index contributed by atoms with van der Waals surface area (Å²) in [5.74, 6) is 1.60. The maximum Gasteiger partial charge on any atom is 0.231 e. The molecule has 0 aliphatic carbocycles. The Morgan fingerprint density at radius 3 is 2.73 bits per heavy atom. The molecule has 156 valence electrons. The Morgan fingerprint density at radius 1 is 1.07 bits per heavy atom. The number of nitrogens with zero attached hydrogens (tertiary/aromatic N) is 2. The number of hydrogen-bond donors (Lipinski definition) is 0. The van der Waals surface area contributed by atoms with Crippen LogP contribution in [0.4, 0.5) is 0 Å². The molecule has 0 N–H and O–H groups in total. The lowest BCUT2D eigenvalue weighted by molar-refractivity contribution is 0.0239. The topological polar surface area (TPSA) is 51.2 Å². The van der Waals surface area contributed by atoms with Crippen LogP contribution in [0.1, 0.15) is 21.5 Å². The van der Waals surface area contributed by atoms with Crippen molar-refractivity contribution < 1.29 is 19.0 Å². The molecule has 0 bridgehead atoms. The summed E-state index contributed by atoms with van der Waals surface area (Å²) in [5.41, 5.74) is 2.35. The second-order valence-corrected chi connectivity index (χ2v) is 8.13. The van der Waals surface area contributed by atoms with Crippen LogP contribution in [0.5, 0.6) is 11.5 Å². The summed E-state index contributed by atoms with van der Waals surface area (Å²) in [7, 11) is 0. The van der Waals surface area contributed by atoms with Gasteiger partial charge in [0.1, 0.15) is 18.2 Å². The monoisotopic (exact) mass is 426 g/mol. The lowest BCUT2D eigenvalue weighted by Gasteiger charge is -2.33. The third-order valence-electron chi connectivity index (χ3n) is 5.66. The van der Waals surface area contributed by atoms with E-state index >= 15 is 0 Å². The second-order valence-electron chi connectivity index (χ2n) is 7.69. The average molecular weight is 427 g/mol. The van der Waals surface area contributed by atoms with Crippen LogP contribution < -0.4 is 9.47 Å². The Morgan fingerprint density at radius 2 is 1.90 bits per heavy atom. The molecule has 6 nitrogen and oxygen atoms in total. The number of allylic oxidation sites excluding steroid dienone is 1. The van der Waals surface area contributed by atoms with Gasteiger partial charge in [0, 0.05) is 37.7 Å². The van der Waals surface area contributed by atoms with E-state index in [0.29, 0.717) is 35.4 Å². The van der Waals surface area contributed by atoms with Gasteiger partial charge in [-0.3, -0.25) is 14.6 Å². The molecule has 1 saturated heterocycles. The minimum atomic E-state index is -0.113. The van der Waals surface area contributed by atoms with E-state index in [0.717, 1.165) is 56.3 Å². The summed E-state index contributed by atoms with van der Waals surface area (Å²) in [4.78, 5) is 17.5. The third kappa shape index (κ3) is 3.96. The first-order chi connectivity index (χ1) is 14.7. The SMILES string of the molecule is O=C1/C(=C/c2cccc(Cl)c2)Oc2c1ccc1c2CN(CCN2CCOCC2)CO1. The number of ether oxygens (including phenoxy) is 3. The number of carbonyl (C=O) groups excluding carboxylic acids is 1. The van der Waals surface area contributed by atoms with E-state index in [1.54, 1.807) is 24.3 Å². The molecule has 0 unspecified atom stereocenters. The van der Waals surface area contributed by atoms with Crippen molar-refractivity contribution in [1.29, 1.82) is 0 Å². The zero-order valence-corrected chi connectivity index (χ0v) is 17.4. The fraction of sp³-hybridized carbons (Fsp3) is 0.348. The van der Waals surface area contributed by atoms with Crippen LogP contribution in [0.15, 0.2) is 42.2 Å². The first-order valence-corrected chi connectivity index (χ1v) is 10.6. The summed E-state index contributed by atoms with van der Waals surface area (Å²) in [6, 6.07) is 11.0. The van der Waals surface area contributed by atoms with Gasteiger partial charge in [-0.25, -0.2) is 0 Å². The molecular weight excluding hydrogens is 404 g/mol. The molecule has 3 aliphatic rings. The van der Waals surface area contributed by atoms with E-state index in [4.69, 9.17) is 25.8 Å². The van der Waals surface area contributed by atoms with Gasteiger partial charge in [0.15, 0.2) is 5.76 Å². The van der Waals surface area contributed by atoms with Crippen LogP contribution in [-0.4, -0.2) is 61.7 Å². The van der Waals surface area contributed by atoms with Crippen LogP contribution in [0, 0.1) is 0 Å². The molecule has 0 saturated carbocycles. The molecule has 1 fully saturated rings. The quantitative estimate of drug-likeness (QED) is 0.698. The van der Waals surface area contributed by atoms with Gasteiger partial charge in [-0.1, -0.05) is 23.7 Å². The third-order valence-corrected chi connectivity index (χ3v) is 5.90. The molecule has 2 aromatic rings. The maximum atomic E-state index is 12.9. The lowest BCUT2D eigenvalue weighted by atomic mass is 10.0. The van der Waals surface area contributed by atoms with Crippen molar-refractivity contribution in [2.75, 3.05) is 46.1 Å². The normalized spacial score (nSPS) is 20.6. The molecule has 0 aromatic heterocycles. The summed E-state index contributed by atoms with van der Waals surface area (Å²) in [6.07, 6.45) is 1.74. The fourth-order valence-electron chi connectivity index (χ4n) is 4.00. The Labute approximate surface area is 180 Å². The molecule has 0 radical (unpaired) electrons. The van der Waals surface area contributed by atoms with Gasteiger partial charge < -0.3 is 14.2 Å². The summed E-state index contributed by atoms with van der Waals surface area (Å²) >= 11 is 6.07. The number of halogens is 1. The standard InChI is InChI=1S/C23H23ClN2O4/c24-17-3-1-2-16(12-17)13-21-22(27)18-4-5-20-19(23(18)30-21)14-26(15-29-20)7-6-25-8-10-28-11-9-25/h1-5,12-13H,6-11,14-15H2/b21-13-. The minimum Gasteiger partial charge on any atom is -0.478 e. The van der Waals surface area contributed by atoms with E-state index in [2.05, 4.69) is 9.80 Å². The van der Waals surface area contributed by atoms with Gasteiger partial charge in [-0.2, -0.15) is 0 Å². The Balaban J connectivity index is 1.34. The zero-order valence-electron chi connectivity index (χ0n) is 16.6. The van der Waals surface area contributed by atoms with Crippen LogP contribution in [0.25, 0.3) is 6.08 Å². The van der Waals surface area contributed by atoms with Gasteiger partial charge >= 0.3 is 0 Å². The van der Waals surface area contributed by atoms with Crippen LogP contribution in [0.3, 0.4) is 0 Å². The number of hydrogen-bond acceptors (Lipinski definition) is 6. The van der Waals surface area contributed by atoms with Crippen molar-refractivity contribution >= 4 is 23.5 Å². The van der Waals surface area contributed by atoms with E-state index in [1.165, 1.54) is 0 Å². The smallest absolute Gasteiger partial charge is 0.231 e. The predicted octanol–water partition coefficient (Wildman–Crippen LogP) is 3.44. The van der Waals surface area contributed by atoms with Crippen molar-refractivity contribution in [1.82, 2.24) is 9.80 Å². The van der Waals surface area contributed by atoms with Gasteiger partial charge in [0.25, 0.3) is 0 Å². The highest BCUT2D eigenvalue weighted by Crippen LogP contribution is 2.42. The highest BCUT2D eigenvalue weighted by atomic mass is 35.5. The molecular formula is C23H23ClN2O4. The number of carbonyl (C=O) groups is 1. The van der Waals surface area contributed by atoms with Crippen molar-refractivity contribution in [2.24, 2.45) is 0 Å². The fourth-order valence-corrected chi connectivity index (χ4v) is 4.20. The first-order valence-electron chi connectivity index (χ1n) is 10.2. The number of Topliss-reactive ketones (excluding diaryl/α,β-unsaturated/α-hetero) is 1. The largest absolute Gasteiger partial charge is 0.478 e. The highest BCUT2D eigenvalue weighted by molar-refractivity contribution is 6.30. The summed E-state index contributed by atoms with van der Waals surface area (Å²) in [6.45, 7) is 6.62. The van der Waals surface area contributed by atoms with Gasteiger partial charge in [-0.05, 0) is 35.9 Å². The predicted molar refractivity (Wildman–Crippen MR) is 114 cm³/mol.